The highest BCUT2D eigenvalue weighted by atomic mass is 15.1. The van der Waals surface area contributed by atoms with Gasteiger partial charge in [-0.25, -0.2) is 0 Å². The third kappa shape index (κ3) is 2.16. The van der Waals surface area contributed by atoms with Crippen molar-refractivity contribution >= 4 is 10.9 Å². The molecule has 2 aromatic rings. The Hall–Kier alpha value is -1.32. The van der Waals surface area contributed by atoms with Gasteiger partial charge in [-0.2, -0.15) is 0 Å². The highest BCUT2D eigenvalue weighted by Gasteiger charge is 2.24. The van der Waals surface area contributed by atoms with Crippen molar-refractivity contribution in [2.45, 2.75) is 25.3 Å². The summed E-state index contributed by atoms with van der Waals surface area (Å²) in [6, 6.07) is 9.27. The van der Waals surface area contributed by atoms with Crippen molar-refractivity contribution in [3.05, 3.63) is 35.5 Å². The molecule has 2 heterocycles. The summed E-state index contributed by atoms with van der Waals surface area (Å²) >= 11 is 0. The van der Waals surface area contributed by atoms with Crippen LogP contribution in [0.5, 0.6) is 0 Å². The van der Waals surface area contributed by atoms with Crippen LogP contribution in [0.4, 0.5) is 0 Å². The summed E-state index contributed by atoms with van der Waals surface area (Å²) in [7, 11) is 2.16. The topological polar surface area (TPSA) is 45.0 Å². The predicted octanol–water partition coefficient (Wildman–Crippen LogP) is 2.22. The van der Waals surface area contributed by atoms with Crippen LogP contribution >= 0.6 is 0 Å². The van der Waals surface area contributed by atoms with E-state index in [-0.39, 0.29) is 0 Å². The van der Waals surface area contributed by atoms with Crippen LogP contribution in [0.1, 0.15) is 23.6 Å². The number of rotatable bonds is 1. The first kappa shape index (κ1) is 11.8. The minimum Gasteiger partial charge on any atom is -0.359 e. The Morgan fingerprint density at radius 3 is 2.89 bits per heavy atom. The van der Waals surface area contributed by atoms with Gasteiger partial charge in [0, 0.05) is 30.3 Å². The van der Waals surface area contributed by atoms with E-state index in [1.54, 1.807) is 0 Å². The van der Waals surface area contributed by atoms with Gasteiger partial charge in [0.1, 0.15) is 0 Å². The number of aromatic nitrogens is 1. The zero-order valence-corrected chi connectivity index (χ0v) is 11.1. The van der Waals surface area contributed by atoms with E-state index in [1.807, 2.05) is 0 Å². The van der Waals surface area contributed by atoms with Crippen LogP contribution in [0.25, 0.3) is 10.9 Å². The molecule has 0 saturated carbocycles. The van der Waals surface area contributed by atoms with E-state index in [2.05, 4.69) is 48.1 Å². The number of hydrogen-bond acceptors (Lipinski definition) is 2. The second-order valence-corrected chi connectivity index (χ2v) is 5.71. The lowest BCUT2D eigenvalue weighted by atomic mass is 9.88. The molecule has 18 heavy (non-hydrogen) atoms. The van der Waals surface area contributed by atoms with Crippen molar-refractivity contribution in [1.29, 1.82) is 0 Å². The fraction of sp³-hybridized carbons (Fsp3) is 0.467. The minimum atomic E-state index is 0.303. The van der Waals surface area contributed by atoms with Gasteiger partial charge in [0.05, 0.1) is 0 Å². The highest BCUT2D eigenvalue weighted by Crippen LogP contribution is 2.28. The summed E-state index contributed by atoms with van der Waals surface area (Å²) in [4.78, 5) is 5.71. The van der Waals surface area contributed by atoms with E-state index in [1.165, 1.54) is 22.2 Å². The molecule has 0 radical (unpaired) electrons. The van der Waals surface area contributed by atoms with Gasteiger partial charge in [-0.3, -0.25) is 0 Å². The number of fused-ring (bicyclic) bond motifs is 1. The first-order valence-corrected chi connectivity index (χ1v) is 6.65. The van der Waals surface area contributed by atoms with Gasteiger partial charge in [0.25, 0.3) is 0 Å². The monoisotopic (exact) mass is 243 g/mol. The van der Waals surface area contributed by atoms with E-state index in [9.17, 15) is 0 Å². The highest BCUT2D eigenvalue weighted by molar-refractivity contribution is 5.81. The minimum absolute atomic E-state index is 0.303. The van der Waals surface area contributed by atoms with Crippen LogP contribution in [0.3, 0.4) is 0 Å². The Morgan fingerprint density at radius 1 is 1.28 bits per heavy atom. The van der Waals surface area contributed by atoms with Crippen molar-refractivity contribution < 1.29 is 0 Å². The lowest BCUT2D eigenvalue weighted by Crippen LogP contribution is -2.44. The van der Waals surface area contributed by atoms with Gasteiger partial charge in [-0.15, -0.1) is 0 Å². The first-order valence-electron chi connectivity index (χ1n) is 6.65. The number of nitrogens with zero attached hydrogens (tertiary/aromatic N) is 1. The summed E-state index contributed by atoms with van der Waals surface area (Å²) in [6.45, 7) is 4.23. The van der Waals surface area contributed by atoms with Gasteiger partial charge in [-0.05, 0) is 55.5 Å². The van der Waals surface area contributed by atoms with Gasteiger partial charge >= 0.3 is 0 Å². The van der Waals surface area contributed by atoms with Gasteiger partial charge in [-0.1, -0.05) is 6.07 Å². The number of aromatic amines is 1. The van der Waals surface area contributed by atoms with Gasteiger partial charge in [0.15, 0.2) is 0 Å². The number of likely N-dealkylation sites (N-methyl/N-ethyl adjacent to an activating group) is 1. The van der Waals surface area contributed by atoms with E-state index in [0.717, 1.165) is 19.5 Å². The second kappa shape index (κ2) is 4.41. The van der Waals surface area contributed by atoms with E-state index < -0.39 is 0 Å². The van der Waals surface area contributed by atoms with Crippen LogP contribution in [-0.4, -0.2) is 36.1 Å². The lowest BCUT2D eigenvalue weighted by Gasteiger charge is -2.34. The maximum atomic E-state index is 6.12. The largest absolute Gasteiger partial charge is 0.359 e. The maximum Gasteiger partial charge on any atom is 0.0456 e. The summed E-state index contributed by atoms with van der Waals surface area (Å²) in [5.74, 6) is 0.568. The van der Waals surface area contributed by atoms with Crippen LogP contribution in [-0.2, 0) is 0 Å². The number of nitrogens with one attached hydrogen (secondary N) is 1. The Bertz CT molecular complexity index is 548. The fourth-order valence-electron chi connectivity index (χ4n) is 3.16. The molecule has 1 aliphatic rings. The van der Waals surface area contributed by atoms with Crippen molar-refractivity contribution in [2.24, 2.45) is 5.73 Å². The molecule has 3 heteroatoms. The maximum absolute atomic E-state index is 6.12. The van der Waals surface area contributed by atoms with Crippen molar-refractivity contribution in [3.63, 3.8) is 0 Å². The Morgan fingerprint density at radius 2 is 2.11 bits per heavy atom. The number of nitrogens with two attached hydrogens (primary N) is 1. The zero-order valence-electron chi connectivity index (χ0n) is 11.1. The molecule has 2 atom stereocenters. The second-order valence-electron chi connectivity index (χ2n) is 5.71. The Kier molecular flexibility index (Phi) is 2.88. The number of likely N-dealkylation sites (tertiary alicyclic amines) is 1. The zero-order chi connectivity index (χ0) is 12.7. The van der Waals surface area contributed by atoms with Crippen molar-refractivity contribution in [1.82, 2.24) is 9.88 Å². The smallest absolute Gasteiger partial charge is 0.0456 e. The molecular weight excluding hydrogens is 222 g/mol. The molecule has 1 aliphatic heterocycles. The normalized spacial score (nSPS) is 25.7. The molecule has 0 bridgehead atoms. The number of piperidine rings is 1. The SMILES string of the molecule is Cc1cc2cc(C3CC(N)CN(C)C3)ccc2[nH]1. The lowest BCUT2D eigenvalue weighted by molar-refractivity contribution is 0.227. The molecule has 0 spiro atoms. The van der Waals surface area contributed by atoms with E-state index in [0.29, 0.717) is 12.0 Å². The molecule has 0 amide bonds. The molecule has 3 rings (SSSR count). The molecular formula is C15H21N3. The standard InChI is InChI=1S/C15H21N3/c1-10-5-12-6-11(3-4-15(12)17-10)13-7-14(16)9-18(2)8-13/h3-6,13-14,17H,7-9,16H2,1-2H3. The van der Waals surface area contributed by atoms with Crippen molar-refractivity contribution in [3.8, 4) is 0 Å². The van der Waals surface area contributed by atoms with Crippen LogP contribution < -0.4 is 5.73 Å². The van der Waals surface area contributed by atoms with Crippen LogP contribution in [0.2, 0.25) is 0 Å². The number of benzene rings is 1. The molecule has 3 N–H and O–H groups in total. The molecule has 1 aromatic heterocycles. The third-order valence-electron chi connectivity index (χ3n) is 3.92. The average molecular weight is 243 g/mol. The molecule has 3 nitrogen and oxygen atoms in total. The number of H-pyrrole nitrogens is 1. The molecule has 0 aliphatic carbocycles. The predicted molar refractivity (Wildman–Crippen MR) is 75.9 cm³/mol. The molecule has 96 valence electrons. The quantitative estimate of drug-likeness (QED) is 0.806. The fourth-order valence-corrected chi connectivity index (χ4v) is 3.16. The third-order valence-corrected chi connectivity index (χ3v) is 3.92. The number of aryl methyl sites for hydroxylation is 1. The Balaban J connectivity index is 1.93. The summed E-state index contributed by atoms with van der Waals surface area (Å²) < 4.78 is 0. The molecule has 1 aromatic carbocycles. The van der Waals surface area contributed by atoms with E-state index >= 15 is 0 Å². The average Bonchev–Trinajstić information content (AvgIpc) is 2.66. The summed E-state index contributed by atoms with van der Waals surface area (Å²) in [5.41, 5.74) is 9.99. The first-order chi connectivity index (χ1) is 8.61. The summed E-state index contributed by atoms with van der Waals surface area (Å²) in [6.07, 6.45) is 1.10. The van der Waals surface area contributed by atoms with Crippen LogP contribution in [0.15, 0.2) is 24.3 Å². The van der Waals surface area contributed by atoms with Crippen LogP contribution in [0, 0.1) is 6.92 Å². The molecule has 2 unspecified atom stereocenters. The summed E-state index contributed by atoms with van der Waals surface area (Å²) in [5, 5.41) is 1.31. The van der Waals surface area contributed by atoms with Gasteiger partial charge in [0.2, 0.25) is 0 Å². The number of hydrogen-bond donors (Lipinski definition) is 2. The van der Waals surface area contributed by atoms with Crippen molar-refractivity contribution in [2.75, 3.05) is 20.1 Å². The Labute approximate surface area is 108 Å². The van der Waals surface area contributed by atoms with E-state index in [4.69, 9.17) is 5.73 Å². The van der Waals surface area contributed by atoms with Gasteiger partial charge < -0.3 is 15.6 Å². The molecule has 1 saturated heterocycles. The molecule has 1 fully saturated rings.